The molecule has 0 saturated heterocycles. The highest BCUT2D eigenvalue weighted by Crippen LogP contribution is 2.10. The van der Waals surface area contributed by atoms with Crippen LogP contribution in [-0.4, -0.2) is 26.3 Å². The predicted molar refractivity (Wildman–Crippen MR) is 97.6 cm³/mol. The molecule has 0 aliphatic heterocycles. The van der Waals surface area contributed by atoms with Crippen LogP contribution in [0.15, 0.2) is 24.3 Å². The molecule has 0 bridgehead atoms. The Hall–Kier alpha value is -1.09. The van der Waals surface area contributed by atoms with Crippen molar-refractivity contribution in [1.82, 2.24) is 0 Å². The number of esters is 1. The lowest BCUT2D eigenvalue weighted by molar-refractivity contribution is -0.140. The molecule has 0 aromatic carbocycles. The van der Waals surface area contributed by atoms with Gasteiger partial charge in [0.2, 0.25) is 0 Å². The average molecular weight is 325 g/mol. The van der Waals surface area contributed by atoms with Crippen molar-refractivity contribution in [2.75, 3.05) is 14.2 Å². The largest absolute Gasteiger partial charge is 0.469 e. The van der Waals surface area contributed by atoms with Gasteiger partial charge in [-0.2, -0.15) is 0 Å². The lowest BCUT2D eigenvalue weighted by Crippen LogP contribution is -2.08. The molecular formula is C20H36O3. The summed E-state index contributed by atoms with van der Waals surface area (Å²) in [7, 11) is 3.25. The van der Waals surface area contributed by atoms with Crippen LogP contribution in [0.3, 0.4) is 0 Å². The second-order valence-corrected chi connectivity index (χ2v) is 5.90. The Balaban J connectivity index is 3.47. The van der Waals surface area contributed by atoms with Crippen LogP contribution in [0, 0.1) is 0 Å². The van der Waals surface area contributed by atoms with Gasteiger partial charge in [-0.3, -0.25) is 4.79 Å². The standard InChI is InChI=1S/C20H36O3/c1-4-5-6-13-16-19(22-2)17-14-11-9-7-8-10-12-15-18-20(21)23-3/h5-6,11,14,19H,4,7-10,12-13,15-18H2,1-3H3/b6-5-,14-11-/t19-/m1/s1. The molecule has 0 N–H and O–H groups in total. The first-order valence-electron chi connectivity index (χ1n) is 9.14. The summed E-state index contributed by atoms with van der Waals surface area (Å²) < 4.78 is 10.1. The second-order valence-electron chi connectivity index (χ2n) is 5.90. The number of carbonyl (C=O) groups is 1. The van der Waals surface area contributed by atoms with E-state index in [-0.39, 0.29) is 5.97 Å². The lowest BCUT2D eigenvalue weighted by Gasteiger charge is -2.11. The molecule has 0 amide bonds. The Morgan fingerprint density at radius 1 is 0.913 bits per heavy atom. The van der Waals surface area contributed by atoms with Gasteiger partial charge in [-0.1, -0.05) is 50.5 Å². The van der Waals surface area contributed by atoms with E-state index in [2.05, 4.69) is 36.0 Å². The summed E-state index contributed by atoms with van der Waals surface area (Å²) in [5.41, 5.74) is 0. The van der Waals surface area contributed by atoms with E-state index in [1.807, 2.05) is 0 Å². The molecule has 0 heterocycles. The van der Waals surface area contributed by atoms with Crippen molar-refractivity contribution in [2.24, 2.45) is 0 Å². The maximum absolute atomic E-state index is 11.0. The van der Waals surface area contributed by atoms with E-state index in [0.717, 1.165) is 44.9 Å². The van der Waals surface area contributed by atoms with Crippen LogP contribution in [0.4, 0.5) is 0 Å². The fourth-order valence-corrected chi connectivity index (χ4v) is 2.43. The minimum absolute atomic E-state index is 0.0918. The highest BCUT2D eigenvalue weighted by atomic mass is 16.5. The molecule has 0 aliphatic rings. The van der Waals surface area contributed by atoms with E-state index in [1.54, 1.807) is 7.11 Å². The molecule has 0 radical (unpaired) electrons. The summed E-state index contributed by atoms with van der Waals surface area (Å²) in [5, 5.41) is 0. The molecule has 0 spiro atoms. The van der Waals surface area contributed by atoms with Crippen molar-refractivity contribution in [1.29, 1.82) is 0 Å². The maximum atomic E-state index is 11.0. The van der Waals surface area contributed by atoms with Crippen molar-refractivity contribution in [3.05, 3.63) is 24.3 Å². The highest BCUT2D eigenvalue weighted by molar-refractivity contribution is 5.68. The number of unbranched alkanes of at least 4 members (excludes halogenated alkanes) is 5. The molecule has 1 atom stereocenters. The van der Waals surface area contributed by atoms with Crippen molar-refractivity contribution in [2.45, 2.75) is 83.7 Å². The number of allylic oxidation sites excluding steroid dienone is 3. The summed E-state index contributed by atoms with van der Waals surface area (Å²) in [4.78, 5) is 11.0. The molecule has 0 rings (SSSR count). The van der Waals surface area contributed by atoms with Crippen LogP contribution in [-0.2, 0) is 14.3 Å². The third-order valence-electron chi connectivity index (χ3n) is 3.94. The Bertz CT molecular complexity index is 321. The number of hydrogen-bond donors (Lipinski definition) is 0. The fourth-order valence-electron chi connectivity index (χ4n) is 2.43. The van der Waals surface area contributed by atoms with Crippen molar-refractivity contribution >= 4 is 5.97 Å². The SMILES string of the molecule is CC/C=C\CC[C@H](C/C=C\CCCCCCCC(=O)OC)OC. The predicted octanol–water partition coefficient (Wildman–Crippen LogP) is 5.60. The minimum Gasteiger partial charge on any atom is -0.469 e. The van der Waals surface area contributed by atoms with Gasteiger partial charge < -0.3 is 9.47 Å². The molecular weight excluding hydrogens is 288 g/mol. The van der Waals surface area contributed by atoms with Gasteiger partial charge in [-0.15, -0.1) is 0 Å². The highest BCUT2D eigenvalue weighted by Gasteiger charge is 2.03. The van der Waals surface area contributed by atoms with Crippen molar-refractivity contribution in [3.8, 4) is 0 Å². The van der Waals surface area contributed by atoms with Crippen LogP contribution < -0.4 is 0 Å². The van der Waals surface area contributed by atoms with Crippen molar-refractivity contribution < 1.29 is 14.3 Å². The Morgan fingerprint density at radius 2 is 1.61 bits per heavy atom. The Labute approximate surface area is 143 Å². The monoisotopic (exact) mass is 324 g/mol. The smallest absolute Gasteiger partial charge is 0.305 e. The number of hydrogen-bond acceptors (Lipinski definition) is 3. The van der Waals surface area contributed by atoms with Crippen molar-refractivity contribution in [3.63, 3.8) is 0 Å². The molecule has 3 heteroatoms. The lowest BCUT2D eigenvalue weighted by atomic mass is 10.1. The summed E-state index contributed by atoms with van der Waals surface area (Å²) in [6.07, 6.45) is 21.1. The van der Waals surface area contributed by atoms with E-state index >= 15 is 0 Å². The average Bonchev–Trinajstić information content (AvgIpc) is 2.57. The zero-order valence-corrected chi connectivity index (χ0v) is 15.4. The zero-order chi connectivity index (χ0) is 17.2. The quantitative estimate of drug-likeness (QED) is 0.223. The molecule has 3 nitrogen and oxygen atoms in total. The van der Waals surface area contributed by atoms with Gasteiger partial charge >= 0.3 is 5.97 Å². The molecule has 0 fully saturated rings. The van der Waals surface area contributed by atoms with Gasteiger partial charge in [-0.05, 0) is 44.9 Å². The Morgan fingerprint density at radius 3 is 2.30 bits per heavy atom. The summed E-state index contributed by atoms with van der Waals surface area (Å²) >= 11 is 0. The number of rotatable bonds is 15. The fraction of sp³-hybridized carbons (Fsp3) is 0.750. The molecule has 0 aromatic heterocycles. The molecule has 23 heavy (non-hydrogen) atoms. The summed E-state index contributed by atoms with van der Waals surface area (Å²) in [5.74, 6) is -0.0918. The molecule has 134 valence electrons. The van der Waals surface area contributed by atoms with E-state index in [4.69, 9.17) is 4.74 Å². The van der Waals surface area contributed by atoms with Crippen LogP contribution >= 0.6 is 0 Å². The minimum atomic E-state index is -0.0918. The van der Waals surface area contributed by atoms with Gasteiger partial charge in [0.1, 0.15) is 0 Å². The first-order chi connectivity index (χ1) is 11.2. The van der Waals surface area contributed by atoms with Gasteiger partial charge in [0.15, 0.2) is 0 Å². The van der Waals surface area contributed by atoms with Gasteiger partial charge in [0.25, 0.3) is 0 Å². The summed E-state index contributed by atoms with van der Waals surface area (Å²) in [6.45, 7) is 2.16. The third kappa shape index (κ3) is 15.6. The van der Waals surface area contributed by atoms with Crippen LogP contribution in [0.5, 0.6) is 0 Å². The number of methoxy groups -OCH3 is 2. The normalized spacial score (nSPS) is 13.0. The third-order valence-corrected chi connectivity index (χ3v) is 3.94. The molecule has 0 aromatic rings. The van der Waals surface area contributed by atoms with Gasteiger partial charge in [-0.25, -0.2) is 0 Å². The topological polar surface area (TPSA) is 35.5 Å². The first kappa shape index (κ1) is 21.9. The maximum Gasteiger partial charge on any atom is 0.305 e. The van der Waals surface area contributed by atoms with E-state index in [9.17, 15) is 4.79 Å². The number of carbonyl (C=O) groups excluding carboxylic acids is 1. The van der Waals surface area contributed by atoms with Crippen LogP contribution in [0.25, 0.3) is 0 Å². The Kier molecular flexibility index (Phi) is 16.4. The molecule has 0 saturated carbocycles. The van der Waals surface area contributed by atoms with E-state index < -0.39 is 0 Å². The molecule has 0 aliphatic carbocycles. The molecule has 0 unspecified atom stereocenters. The zero-order valence-electron chi connectivity index (χ0n) is 15.4. The first-order valence-corrected chi connectivity index (χ1v) is 9.14. The van der Waals surface area contributed by atoms with Gasteiger partial charge in [0, 0.05) is 13.5 Å². The van der Waals surface area contributed by atoms with Crippen LogP contribution in [0.1, 0.15) is 77.6 Å². The second kappa shape index (κ2) is 17.3. The van der Waals surface area contributed by atoms with E-state index in [1.165, 1.54) is 26.4 Å². The van der Waals surface area contributed by atoms with E-state index in [0.29, 0.717) is 12.5 Å². The van der Waals surface area contributed by atoms with Crippen LogP contribution in [0.2, 0.25) is 0 Å². The van der Waals surface area contributed by atoms with Gasteiger partial charge in [0.05, 0.1) is 13.2 Å². The summed E-state index contributed by atoms with van der Waals surface area (Å²) in [6, 6.07) is 0. The number of ether oxygens (including phenoxy) is 2.